The maximum Gasteiger partial charge on any atom is 0.159 e. The molecule has 3 nitrogen and oxygen atoms in total. The van der Waals surface area contributed by atoms with Gasteiger partial charge in [-0.2, -0.15) is 0 Å². The first-order valence-corrected chi connectivity index (χ1v) is 15.6. The zero-order valence-corrected chi connectivity index (χ0v) is 24.5. The second-order valence-electron chi connectivity index (χ2n) is 12.1. The number of benzene rings is 6. The van der Waals surface area contributed by atoms with Crippen molar-refractivity contribution in [3.8, 4) is 16.8 Å². The zero-order valence-electron chi connectivity index (χ0n) is 24.5. The van der Waals surface area contributed by atoms with Crippen molar-refractivity contribution in [2.24, 2.45) is 0 Å². The molecule has 3 heterocycles. The van der Waals surface area contributed by atoms with E-state index in [-0.39, 0.29) is 6.04 Å². The molecule has 0 saturated carbocycles. The number of aromatic nitrogens is 1. The number of nitrogens with zero attached hydrogens (tertiary/aromatic N) is 2. The quantitative estimate of drug-likeness (QED) is 0.209. The van der Waals surface area contributed by atoms with Gasteiger partial charge in [-0.1, -0.05) is 115 Å². The van der Waals surface area contributed by atoms with Crippen LogP contribution in [0.3, 0.4) is 0 Å². The van der Waals surface area contributed by atoms with E-state index in [0.29, 0.717) is 5.92 Å². The Morgan fingerprint density at radius 3 is 1.98 bits per heavy atom. The van der Waals surface area contributed by atoms with E-state index in [1.807, 2.05) is 0 Å². The molecule has 1 aliphatic carbocycles. The molecule has 212 valence electrons. The highest BCUT2D eigenvalue weighted by Crippen LogP contribution is 2.49. The van der Waals surface area contributed by atoms with Crippen molar-refractivity contribution >= 4 is 55.1 Å². The van der Waals surface area contributed by atoms with Crippen LogP contribution in [0.25, 0.3) is 60.6 Å². The maximum absolute atomic E-state index is 6.95. The van der Waals surface area contributed by atoms with Gasteiger partial charge in [-0.3, -0.25) is 0 Å². The number of anilines is 2. The minimum atomic E-state index is 0.262. The van der Waals surface area contributed by atoms with Crippen LogP contribution in [0.1, 0.15) is 11.5 Å². The molecule has 2 aliphatic rings. The lowest BCUT2D eigenvalue weighted by atomic mass is 9.89. The Bertz CT molecular complexity index is 2460. The average molecular weight is 577 g/mol. The van der Waals surface area contributed by atoms with Gasteiger partial charge < -0.3 is 13.9 Å². The van der Waals surface area contributed by atoms with Crippen LogP contribution in [0.15, 0.2) is 162 Å². The van der Waals surface area contributed by atoms with Crippen LogP contribution in [0.2, 0.25) is 0 Å². The fourth-order valence-electron chi connectivity index (χ4n) is 7.79. The Morgan fingerprint density at radius 2 is 1.18 bits per heavy atom. The molecular weight excluding hydrogens is 548 g/mol. The van der Waals surface area contributed by atoms with E-state index in [0.717, 1.165) is 33.2 Å². The number of rotatable bonds is 3. The second kappa shape index (κ2) is 9.35. The van der Waals surface area contributed by atoms with Crippen molar-refractivity contribution in [1.82, 2.24) is 4.57 Å². The number of para-hydroxylation sites is 5. The van der Waals surface area contributed by atoms with Gasteiger partial charge in [-0.25, -0.2) is 0 Å². The monoisotopic (exact) mass is 576 g/mol. The summed E-state index contributed by atoms with van der Waals surface area (Å²) in [5.41, 5.74) is 11.4. The van der Waals surface area contributed by atoms with Crippen LogP contribution in [0.4, 0.5) is 11.4 Å². The smallest absolute Gasteiger partial charge is 0.159 e. The van der Waals surface area contributed by atoms with E-state index in [2.05, 4.69) is 167 Å². The topological polar surface area (TPSA) is 21.3 Å². The lowest BCUT2D eigenvalue weighted by molar-refractivity contribution is 0.667. The Hall–Kier alpha value is -5.80. The van der Waals surface area contributed by atoms with Gasteiger partial charge in [0.2, 0.25) is 0 Å². The third-order valence-corrected chi connectivity index (χ3v) is 9.72. The van der Waals surface area contributed by atoms with E-state index in [4.69, 9.17) is 4.42 Å². The molecule has 0 radical (unpaired) electrons. The average Bonchev–Trinajstić information content (AvgIpc) is 3.76. The summed E-state index contributed by atoms with van der Waals surface area (Å²) < 4.78 is 9.30. The normalized spacial score (nSPS) is 17.1. The molecule has 8 aromatic rings. The predicted molar refractivity (Wildman–Crippen MR) is 187 cm³/mol. The summed E-state index contributed by atoms with van der Waals surface area (Å²) in [5, 5.41) is 4.75. The summed E-state index contributed by atoms with van der Waals surface area (Å²) in [5.74, 6) is 0.293. The second-order valence-corrected chi connectivity index (χ2v) is 12.1. The van der Waals surface area contributed by atoms with Gasteiger partial charge in [-0.15, -0.1) is 0 Å². The summed E-state index contributed by atoms with van der Waals surface area (Å²) in [4.78, 5) is 2.48. The molecule has 0 N–H and O–H groups in total. The molecule has 6 aromatic carbocycles. The number of fused-ring (bicyclic) bond motifs is 9. The number of hydrogen-bond donors (Lipinski definition) is 0. The Labute approximate surface area is 260 Å². The fourth-order valence-corrected chi connectivity index (χ4v) is 7.79. The third-order valence-electron chi connectivity index (χ3n) is 9.72. The SMILES string of the molecule is C1=CC2c3cc(-c4cccc5c4oc4c(-n6c7ccccc7c7ccccc76)cccc45)ccc3N(c3ccccc3)C2C=C1. The molecular formula is C42H28N2O. The van der Waals surface area contributed by atoms with Crippen molar-refractivity contribution in [3.63, 3.8) is 0 Å². The standard InChI is InChI=1S/C42H28N2O/c1-2-12-28(13-3-1)43-36-20-7-6-16-32(36)35-26-27(24-25-39(35)43)29-17-10-18-33-34-19-11-23-40(42(34)45-41(29)33)44-37-21-8-4-14-30(37)31-15-5-9-22-38(31)44/h1-26,32,36H. The number of allylic oxidation sites excluding steroid dienone is 2. The van der Waals surface area contributed by atoms with Crippen molar-refractivity contribution in [1.29, 1.82) is 0 Å². The van der Waals surface area contributed by atoms with E-state index >= 15 is 0 Å². The van der Waals surface area contributed by atoms with E-state index in [1.54, 1.807) is 0 Å². The first-order chi connectivity index (χ1) is 22.3. The van der Waals surface area contributed by atoms with Gasteiger partial charge in [0, 0.05) is 44.4 Å². The van der Waals surface area contributed by atoms with Crippen molar-refractivity contribution in [2.75, 3.05) is 4.90 Å². The molecule has 1 aliphatic heterocycles. The van der Waals surface area contributed by atoms with Gasteiger partial charge in [0.25, 0.3) is 0 Å². The molecule has 0 fully saturated rings. The predicted octanol–water partition coefficient (Wildman–Crippen LogP) is 11.1. The van der Waals surface area contributed by atoms with Gasteiger partial charge in [0.15, 0.2) is 5.58 Å². The summed E-state index contributed by atoms with van der Waals surface area (Å²) in [7, 11) is 0. The molecule has 2 aromatic heterocycles. The van der Waals surface area contributed by atoms with Crippen LogP contribution >= 0.6 is 0 Å². The van der Waals surface area contributed by atoms with Gasteiger partial charge in [-0.05, 0) is 53.6 Å². The highest BCUT2D eigenvalue weighted by molar-refractivity contribution is 6.14. The fraction of sp³-hybridized carbons (Fsp3) is 0.0476. The minimum Gasteiger partial charge on any atom is -0.453 e. The molecule has 0 amide bonds. The Morgan fingerprint density at radius 1 is 0.511 bits per heavy atom. The summed E-state index contributed by atoms with van der Waals surface area (Å²) in [6.07, 6.45) is 9.03. The highest BCUT2D eigenvalue weighted by Gasteiger charge is 2.37. The zero-order chi connectivity index (χ0) is 29.5. The van der Waals surface area contributed by atoms with Crippen LogP contribution in [0, 0.1) is 0 Å². The lowest BCUT2D eigenvalue weighted by Crippen LogP contribution is -2.28. The third kappa shape index (κ3) is 3.46. The van der Waals surface area contributed by atoms with Crippen molar-refractivity contribution in [3.05, 3.63) is 163 Å². The van der Waals surface area contributed by atoms with Gasteiger partial charge in [0.1, 0.15) is 5.58 Å². The molecule has 2 atom stereocenters. The lowest BCUT2D eigenvalue weighted by Gasteiger charge is -2.28. The first-order valence-electron chi connectivity index (χ1n) is 15.6. The number of furan rings is 1. The molecule has 3 heteroatoms. The molecule has 2 unspecified atom stereocenters. The Balaban J connectivity index is 1.18. The summed E-state index contributed by atoms with van der Waals surface area (Å²) in [6, 6.07) is 48.3. The van der Waals surface area contributed by atoms with E-state index < -0.39 is 0 Å². The van der Waals surface area contributed by atoms with E-state index in [1.165, 1.54) is 44.3 Å². The van der Waals surface area contributed by atoms with Crippen LogP contribution in [0.5, 0.6) is 0 Å². The van der Waals surface area contributed by atoms with Crippen molar-refractivity contribution < 1.29 is 4.42 Å². The van der Waals surface area contributed by atoms with Crippen LogP contribution in [-0.4, -0.2) is 10.6 Å². The first kappa shape index (κ1) is 24.6. The largest absolute Gasteiger partial charge is 0.453 e. The van der Waals surface area contributed by atoms with E-state index in [9.17, 15) is 0 Å². The molecule has 10 rings (SSSR count). The molecule has 0 bridgehead atoms. The van der Waals surface area contributed by atoms with Crippen LogP contribution in [-0.2, 0) is 0 Å². The minimum absolute atomic E-state index is 0.262. The molecule has 0 spiro atoms. The Kier molecular flexibility index (Phi) is 5.11. The van der Waals surface area contributed by atoms with Crippen LogP contribution < -0.4 is 4.90 Å². The molecule has 0 saturated heterocycles. The highest BCUT2D eigenvalue weighted by atomic mass is 16.3. The maximum atomic E-state index is 6.95. The number of hydrogen-bond acceptors (Lipinski definition) is 2. The van der Waals surface area contributed by atoms with Gasteiger partial charge in [0.05, 0.1) is 22.8 Å². The molecule has 45 heavy (non-hydrogen) atoms. The van der Waals surface area contributed by atoms with Gasteiger partial charge >= 0.3 is 0 Å². The summed E-state index contributed by atoms with van der Waals surface area (Å²) in [6.45, 7) is 0. The van der Waals surface area contributed by atoms with Crippen molar-refractivity contribution in [2.45, 2.75) is 12.0 Å². The summed E-state index contributed by atoms with van der Waals surface area (Å²) >= 11 is 0.